The lowest BCUT2D eigenvalue weighted by Crippen LogP contribution is -2.26. The fourth-order valence-electron chi connectivity index (χ4n) is 4.96. The molecular weight excluding hydrogens is 494 g/mol. The van der Waals surface area contributed by atoms with Crippen molar-refractivity contribution < 1.29 is 13.9 Å². The molecule has 0 aromatic carbocycles. The SMILES string of the molecule is CC(C)(C)C1CCc2c(sc(NC(=O)CSc3nnc(-c4ccco4)n3CC3CCCO3)c2C#N)C1. The number of carbonyl (C=O) groups is 1. The summed E-state index contributed by atoms with van der Waals surface area (Å²) >= 11 is 2.89. The molecule has 0 spiro atoms. The van der Waals surface area contributed by atoms with Crippen LogP contribution in [-0.2, 0) is 28.9 Å². The molecule has 8 nitrogen and oxygen atoms in total. The van der Waals surface area contributed by atoms with Crippen molar-refractivity contribution in [1.29, 1.82) is 5.26 Å². The first kappa shape index (κ1) is 25.1. The van der Waals surface area contributed by atoms with E-state index in [1.165, 1.54) is 16.6 Å². The number of fused-ring (bicyclic) bond motifs is 1. The number of nitrogens with zero attached hydrogens (tertiary/aromatic N) is 4. The van der Waals surface area contributed by atoms with Crippen LogP contribution in [0.5, 0.6) is 0 Å². The number of furan rings is 1. The maximum Gasteiger partial charge on any atom is 0.235 e. The largest absolute Gasteiger partial charge is 0.461 e. The molecule has 1 amide bonds. The van der Waals surface area contributed by atoms with Gasteiger partial charge in [0.05, 0.1) is 30.2 Å². The number of thiophene rings is 1. The third-order valence-electron chi connectivity index (χ3n) is 7.06. The Bertz CT molecular complexity index is 1260. The molecule has 0 radical (unpaired) electrons. The predicted octanol–water partition coefficient (Wildman–Crippen LogP) is 5.53. The molecule has 5 rings (SSSR count). The second kappa shape index (κ2) is 10.4. The molecule has 190 valence electrons. The smallest absolute Gasteiger partial charge is 0.235 e. The molecule has 1 fully saturated rings. The molecule has 2 aliphatic rings. The second-order valence-electron chi connectivity index (χ2n) is 10.5. The summed E-state index contributed by atoms with van der Waals surface area (Å²) in [4.78, 5) is 14.2. The van der Waals surface area contributed by atoms with Gasteiger partial charge >= 0.3 is 0 Å². The van der Waals surface area contributed by atoms with Gasteiger partial charge in [-0.2, -0.15) is 5.26 Å². The van der Waals surface area contributed by atoms with Crippen LogP contribution in [-0.4, -0.2) is 39.1 Å². The van der Waals surface area contributed by atoms with Gasteiger partial charge in [0.1, 0.15) is 11.1 Å². The van der Waals surface area contributed by atoms with Crippen molar-refractivity contribution >= 4 is 34.0 Å². The molecule has 10 heteroatoms. The van der Waals surface area contributed by atoms with Gasteiger partial charge in [-0.15, -0.1) is 21.5 Å². The minimum Gasteiger partial charge on any atom is -0.461 e. The van der Waals surface area contributed by atoms with Crippen LogP contribution in [0.4, 0.5) is 5.00 Å². The highest BCUT2D eigenvalue weighted by Crippen LogP contribution is 2.44. The van der Waals surface area contributed by atoms with Crippen LogP contribution in [0.2, 0.25) is 0 Å². The van der Waals surface area contributed by atoms with Crippen molar-refractivity contribution in [2.75, 3.05) is 17.7 Å². The number of nitrogens with one attached hydrogen (secondary N) is 1. The van der Waals surface area contributed by atoms with E-state index in [0.717, 1.165) is 44.3 Å². The number of ether oxygens (including phenoxy) is 1. The third-order valence-corrected chi connectivity index (χ3v) is 9.19. The Hall–Kier alpha value is -2.61. The molecule has 2 unspecified atom stereocenters. The summed E-state index contributed by atoms with van der Waals surface area (Å²) < 4.78 is 13.4. The molecular formula is C26H31N5O3S2. The summed E-state index contributed by atoms with van der Waals surface area (Å²) in [5, 5.41) is 22.8. The van der Waals surface area contributed by atoms with E-state index in [1.807, 2.05) is 16.7 Å². The van der Waals surface area contributed by atoms with E-state index in [4.69, 9.17) is 9.15 Å². The highest BCUT2D eigenvalue weighted by molar-refractivity contribution is 7.99. The lowest BCUT2D eigenvalue weighted by molar-refractivity contribution is -0.113. The number of anilines is 1. The predicted molar refractivity (Wildman–Crippen MR) is 140 cm³/mol. The van der Waals surface area contributed by atoms with E-state index < -0.39 is 0 Å². The zero-order valence-corrected chi connectivity index (χ0v) is 22.5. The molecule has 3 aromatic heterocycles. The Morgan fingerprint density at radius 1 is 1.36 bits per heavy atom. The number of amides is 1. The quantitative estimate of drug-likeness (QED) is 0.404. The zero-order chi connectivity index (χ0) is 25.3. The van der Waals surface area contributed by atoms with E-state index in [1.54, 1.807) is 17.6 Å². The van der Waals surface area contributed by atoms with Gasteiger partial charge in [0.25, 0.3) is 0 Å². The van der Waals surface area contributed by atoms with E-state index in [0.29, 0.717) is 39.8 Å². The summed E-state index contributed by atoms with van der Waals surface area (Å²) in [5.41, 5.74) is 1.97. The van der Waals surface area contributed by atoms with Gasteiger partial charge < -0.3 is 14.5 Å². The van der Waals surface area contributed by atoms with Crippen LogP contribution in [0, 0.1) is 22.7 Å². The van der Waals surface area contributed by atoms with Crippen LogP contribution in [0.25, 0.3) is 11.6 Å². The number of nitriles is 1. The monoisotopic (exact) mass is 525 g/mol. The maximum atomic E-state index is 12.9. The molecule has 1 aliphatic heterocycles. The van der Waals surface area contributed by atoms with Crippen molar-refractivity contribution in [3.8, 4) is 17.7 Å². The van der Waals surface area contributed by atoms with E-state index >= 15 is 0 Å². The van der Waals surface area contributed by atoms with Gasteiger partial charge in [-0.3, -0.25) is 9.36 Å². The lowest BCUT2D eigenvalue weighted by atomic mass is 9.72. The Balaban J connectivity index is 1.29. The van der Waals surface area contributed by atoms with Gasteiger partial charge in [-0.1, -0.05) is 32.5 Å². The number of hydrogen-bond acceptors (Lipinski definition) is 8. The Kier molecular flexibility index (Phi) is 7.24. The minimum atomic E-state index is -0.159. The van der Waals surface area contributed by atoms with Crippen LogP contribution in [0.15, 0.2) is 28.0 Å². The highest BCUT2D eigenvalue weighted by atomic mass is 32.2. The van der Waals surface area contributed by atoms with Crippen LogP contribution in [0.1, 0.15) is 56.0 Å². The van der Waals surface area contributed by atoms with Crippen molar-refractivity contribution in [3.63, 3.8) is 0 Å². The second-order valence-corrected chi connectivity index (χ2v) is 12.5. The summed E-state index contributed by atoms with van der Waals surface area (Å²) in [7, 11) is 0. The number of rotatable bonds is 7. The third kappa shape index (κ3) is 5.24. The Morgan fingerprint density at radius 3 is 2.92 bits per heavy atom. The Labute approximate surface area is 219 Å². The number of aromatic nitrogens is 3. The summed E-state index contributed by atoms with van der Waals surface area (Å²) in [6.45, 7) is 8.19. The summed E-state index contributed by atoms with van der Waals surface area (Å²) in [5.74, 6) is 1.85. The van der Waals surface area contributed by atoms with Gasteiger partial charge in [0, 0.05) is 11.5 Å². The first-order valence-corrected chi connectivity index (χ1v) is 14.2. The van der Waals surface area contributed by atoms with Gasteiger partial charge in [-0.25, -0.2) is 0 Å². The molecule has 1 N–H and O–H groups in total. The number of hydrogen-bond donors (Lipinski definition) is 1. The fourth-order valence-corrected chi connectivity index (χ4v) is 7.01. The first-order chi connectivity index (χ1) is 17.3. The molecule has 1 saturated heterocycles. The van der Waals surface area contributed by atoms with Crippen LogP contribution < -0.4 is 5.32 Å². The van der Waals surface area contributed by atoms with Gasteiger partial charge in [0.2, 0.25) is 11.7 Å². The topological polar surface area (TPSA) is 106 Å². The zero-order valence-electron chi connectivity index (χ0n) is 20.9. The molecule has 36 heavy (non-hydrogen) atoms. The number of thioether (sulfide) groups is 1. The molecule has 3 aromatic rings. The molecule has 1 aliphatic carbocycles. The highest BCUT2D eigenvalue weighted by Gasteiger charge is 2.32. The molecule has 2 atom stereocenters. The normalized spacial score (nSPS) is 19.7. The van der Waals surface area contributed by atoms with Crippen molar-refractivity contribution in [3.05, 3.63) is 34.4 Å². The molecule has 0 saturated carbocycles. The van der Waals surface area contributed by atoms with Crippen molar-refractivity contribution in [1.82, 2.24) is 14.8 Å². The van der Waals surface area contributed by atoms with Crippen LogP contribution >= 0.6 is 23.1 Å². The number of carbonyl (C=O) groups excluding carboxylic acids is 1. The van der Waals surface area contributed by atoms with E-state index in [9.17, 15) is 10.1 Å². The minimum absolute atomic E-state index is 0.0930. The van der Waals surface area contributed by atoms with E-state index in [-0.39, 0.29) is 23.2 Å². The van der Waals surface area contributed by atoms with E-state index in [2.05, 4.69) is 42.4 Å². The summed E-state index contributed by atoms with van der Waals surface area (Å²) in [6, 6.07) is 6.01. The van der Waals surface area contributed by atoms with Crippen LogP contribution in [0.3, 0.4) is 0 Å². The average Bonchev–Trinajstić information content (AvgIpc) is 3.64. The lowest BCUT2D eigenvalue weighted by Gasteiger charge is -2.33. The fraction of sp³-hybridized carbons (Fsp3) is 0.538. The summed E-state index contributed by atoms with van der Waals surface area (Å²) in [6.07, 6.45) is 6.65. The first-order valence-electron chi connectivity index (χ1n) is 12.4. The standard InChI is InChI=1S/C26H31N5O3S2/c1-26(2,3)16-8-9-18-19(13-27)24(36-21(18)12-16)28-22(32)15-35-25-30-29-23(20-7-5-11-34-20)31(25)14-17-6-4-10-33-17/h5,7,11,16-17H,4,6,8-10,12,14-15H2,1-3H3,(H,28,32). The van der Waals surface area contributed by atoms with Crippen molar-refractivity contribution in [2.45, 2.75) is 70.7 Å². The molecule has 4 heterocycles. The maximum absolute atomic E-state index is 12.9. The Morgan fingerprint density at radius 2 is 2.22 bits per heavy atom. The van der Waals surface area contributed by atoms with Gasteiger partial charge in [0.15, 0.2) is 10.9 Å². The van der Waals surface area contributed by atoms with Crippen molar-refractivity contribution in [2.24, 2.45) is 11.3 Å². The molecule has 0 bridgehead atoms. The van der Waals surface area contributed by atoms with Gasteiger partial charge in [-0.05, 0) is 61.1 Å². The average molecular weight is 526 g/mol.